The highest BCUT2D eigenvalue weighted by atomic mass is 16.4. The van der Waals surface area contributed by atoms with Crippen LogP contribution in [-0.2, 0) is 11.8 Å². The van der Waals surface area contributed by atoms with Gasteiger partial charge in [0.25, 0.3) is 0 Å². The van der Waals surface area contributed by atoms with Gasteiger partial charge < -0.3 is 14.8 Å². The first-order valence-electron chi connectivity index (χ1n) is 8.53. The van der Waals surface area contributed by atoms with Gasteiger partial charge in [-0.3, -0.25) is 9.36 Å². The molecule has 1 aliphatic rings. The number of hydrogen-bond acceptors (Lipinski definition) is 5. The fourth-order valence-electron chi connectivity index (χ4n) is 3.69. The number of phenolic OH excluding ortho intramolecular Hbond substituents is 1. The molecule has 2 N–H and O–H groups in total. The number of nitrogens with one attached hydrogen (secondary N) is 1. The van der Waals surface area contributed by atoms with E-state index in [9.17, 15) is 14.7 Å². The summed E-state index contributed by atoms with van der Waals surface area (Å²) in [5.41, 5.74) is 3.74. The van der Waals surface area contributed by atoms with E-state index in [4.69, 9.17) is 4.42 Å². The molecular weight excluding hydrogens is 346 g/mol. The Morgan fingerprint density at radius 2 is 2.07 bits per heavy atom. The number of carbonyl (C=O) groups is 1. The van der Waals surface area contributed by atoms with Gasteiger partial charge >= 0.3 is 5.76 Å². The molecular formula is C20H15N3O4. The molecule has 5 rings (SSSR count). The van der Waals surface area contributed by atoms with Gasteiger partial charge in [-0.15, -0.1) is 0 Å². The Hall–Kier alpha value is -3.61. The molecule has 1 aliphatic heterocycles. The summed E-state index contributed by atoms with van der Waals surface area (Å²) in [7, 11) is 1.64. The quantitative estimate of drug-likeness (QED) is 0.543. The number of aromatic nitrogens is 2. The van der Waals surface area contributed by atoms with Crippen LogP contribution in [0.5, 0.6) is 5.75 Å². The van der Waals surface area contributed by atoms with E-state index in [2.05, 4.69) is 10.3 Å². The minimum Gasteiger partial charge on any atom is -0.506 e. The summed E-state index contributed by atoms with van der Waals surface area (Å²) in [5.74, 6) is -0.775. The molecule has 2 aromatic heterocycles. The molecule has 1 atom stereocenters. The SMILES string of the molecule is Cn1c(=O)oc2cc3c(cc21)C(c1ccc2cccc(O)c2n1)CC(=O)N3. The average molecular weight is 361 g/mol. The number of carbonyl (C=O) groups excluding carboxylic acids is 1. The predicted molar refractivity (Wildman–Crippen MR) is 100.0 cm³/mol. The Morgan fingerprint density at radius 3 is 2.93 bits per heavy atom. The maximum atomic E-state index is 12.3. The van der Waals surface area contributed by atoms with Crippen molar-refractivity contribution in [2.24, 2.45) is 7.05 Å². The van der Waals surface area contributed by atoms with Gasteiger partial charge in [0.2, 0.25) is 5.91 Å². The number of anilines is 1. The molecule has 0 spiro atoms. The molecule has 2 aromatic carbocycles. The van der Waals surface area contributed by atoms with E-state index in [1.54, 1.807) is 25.2 Å². The van der Waals surface area contributed by atoms with Gasteiger partial charge in [-0.25, -0.2) is 9.78 Å². The van der Waals surface area contributed by atoms with Crippen molar-refractivity contribution in [3.63, 3.8) is 0 Å². The lowest BCUT2D eigenvalue weighted by atomic mass is 9.87. The van der Waals surface area contributed by atoms with Crippen LogP contribution in [-0.4, -0.2) is 20.6 Å². The number of aromatic hydroxyl groups is 1. The number of fused-ring (bicyclic) bond motifs is 3. The molecule has 0 saturated carbocycles. The summed E-state index contributed by atoms with van der Waals surface area (Å²) in [6, 6.07) is 12.5. The number of nitrogens with zero attached hydrogens (tertiary/aromatic N) is 2. The fraction of sp³-hybridized carbons (Fsp3) is 0.150. The Labute approximate surface area is 152 Å². The number of para-hydroxylation sites is 1. The maximum Gasteiger partial charge on any atom is 0.419 e. The Kier molecular flexibility index (Phi) is 3.15. The van der Waals surface area contributed by atoms with Crippen molar-refractivity contribution < 1.29 is 14.3 Å². The maximum absolute atomic E-state index is 12.3. The van der Waals surface area contributed by atoms with Gasteiger partial charge in [0.05, 0.1) is 5.52 Å². The van der Waals surface area contributed by atoms with E-state index in [1.165, 1.54) is 4.57 Å². The molecule has 7 nitrogen and oxygen atoms in total. The first kappa shape index (κ1) is 15.6. The van der Waals surface area contributed by atoms with Crippen molar-refractivity contribution in [1.29, 1.82) is 0 Å². The van der Waals surface area contributed by atoms with Crippen LogP contribution in [0.1, 0.15) is 23.6 Å². The van der Waals surface area contributed by atoms with Crippen LogP contribution in [0, 0.1) is 0 Å². The summed E-state index contributed by atoms with van der Waals surface area (Å²) in [4.78, 5) is 28.7. The number of hydrogen-bond donors (Lipinski definition) is 2. The molecule has 0 fully saturated rings. The van der Waals surface area contributed by atoms with Crippen molar-refractivity contribution in [3.05, 3.63) is 64.3 Å². The molecule has 1 amide bonds. The molecule has 3 heterocycles. The van der Waals surface area contributed by atoms with E-state index in [1.807, 2.05) is 24.3 Å². The van der Waals surface area contributed by atoms with Gasteiger partial charge in [0.1, 0.15) is 11.3 Å². The van der Waals surface area contributed by atoms with Gasteiger partial charge in [0, 0.05) is 42.2 Å². The standard InChI is InChI=1S/C20H15N3O4/c1-23-15-7-11-12(8-18(25)21-14(11)9-17(15)27-20(23)26)13-6-5-10-3-2-4-16(24)19(10)22-13/h2-7,9,12,24H,8H2,1H3,(H,21,25). The predicted octanol–water partition coefficient (Wildman–Crippen LogP) is 2.86. The Morgan fingerprint density at radius 1 is 1.22 bits per heavy atom. The summed E-state index contributed by atoms with van der Waals surface area (Å²) < 4.78 is 6.66. The van der Waals surface area contributed by atoms with Crippen molar-refractivity contribution in [3.8, 4) is 5.75 Å². The van der Waals surface area contributed by atoms with Gasteiger partial charge in [-0.1, -0.05) is 18.2 Å². The van der Waals surface area contributed by atoms with Crippen LogP contribution >= 0.6 is 0 Å². The zero-order valence-corrected chi connectivity index (χ0v) is 14.4. The second-order valence-electron chi connectivity index (χ2n) is 6.72. The average Bonchev–Trinajstić information content (AvgIpc) is 2.93. The first-order chi connectivity index (χ1) is 13.0. The number of pyridine rings is 1. The molecule has 0 bridgehead atoms. The molecule has 0 aliphatic carbocycles. The van der Waals surface area contributed by atoms with E-state index in [-0.39, 0.29) is 24.0 Å². The number of benzene rings is 2. The van der Waals surface area contributed by atoms with Gasteiger partial charge in [-0.2, -0.15) is 0 Å². The first-order valence-corrected chi connectivity index (χ1v) is 8.53. The normalized spacial score (nSPS) is 16.5. The van der Waals surface area contributed by atoms with Crippen LogP contribution < -0.4 is 11.1 Å². The zero-order valence-electron chi connectivity index (χ0n) is 14.4. The van der Waals surface area contributed by atoms with Gasteiger partial charge in [0.15, 0.2) is 5.58 Å². The number of rotatable bonds is 1. The highest BCUT2D eigenvalue weighted by molar-refractivity contribution is 5.98. The zero-order chi connectivity index (χ0) is 18.7. The molecule has 134 valence electrons. The number of amides is 1. The number of aryl methyl sites for hydroxylation is 1. The minimum atomic E-state index is -0.455. The lowest BCUT2D eigenvalue weighted by molar-refractivity contribution is -0.116. The van der Waals surface area contributed by atoms with Crippen molar-refractivity contribution in [1.82, 2.24) is 9.55 Å². The fourth-order valence-corrected chi connectivity index (χ4v) is 3.69. The number of oxazole rings is 1. The molecule has 1 unspecified atom stereocenters. The second-order valence-corrected chi connectivity index (χ2v) is 6.72. The summed E-state index contributed by atoms with van der Waals surface area (Å²) in [6.45, 7) is 0. The third-order valence-corrected chi connectivity index (χ3v) is 5.08. The second kappa shape index (κ2) is 5.44. The van der Waals surface area contributed by atoms with Crippen molar-refractivity contribution in [2.75, 3.05) is 5.32 Å². The molecule has 4 aromatic rings. The topological polar surface area (TPSA) is 97.4 Å². The summed E-state index contributed by atoms with van der Waals surface area (Å²) >= 11 is 0. The van der Waals surface area contributed by atoms with E-state index >= 15 is 0 Å². The van der Waals surface area contributed by atoms with Crippen LogP contribution in [0.15, 0.2) is 51.7 Å². The largest absolute Gasteiger partial charge is 0.506 e. The van der Waals surface area contributed by atoms with Crippen LogP contribution in [0.4, 0.5) is 5.69 Å². The molecule has 0 radical (unpaired) electrons. The van der Waals surface area contributed by atoms with Crippen LogP contribution in [0.2, 0.25) is 0 Å². The van der Waals surface area contributed by atoms with E-state index in [0.717, 1.165) is 10.9 Å². The molecule has 7 heteroatoms. The molecule has 27 heavy (non-hydrogen) atoms. The highest BCUT2D eigenvalue weighted by Gasteiger charge is 2.29. The third-order valence-electron chi connectivity index (χ3n) is 5.08. The Balaban J connectivity index is 1.74. The molecule has 0 saturated heterocycles. The van der Waals surface area contributed by atoms with Crippen LogP contribution in [0.3, 0.4) is 0 Å². The van der Waals surface area contributed by atoms with Crippen molar-refractivity contribution in [2.45, 2.75) is 12.3 Å². The monoisotopic (exact) mass is 361 g/mol. The highest BCUT2D eigenvalue weighted by Crippen LogP contribution is 2.39. The number of phenols is 1. The smallest absolute Gasteiger partial charge is 0.419 e. The minimum absolute atomic E-state index is 0.0996. The lowest BCUT2D eigenvalue weighted by Gasteiger charge is -2.25. The third kappa shape index (κ3) is 2.32. The van der Waals surface area contributed by atoms with Crippen molar-refractivity contribution >= 4 is 33.6 Å². The Bertz CT molecular complexity index is 1300. The summed E-state index contributed by atoms with van der Waals surface area (Å²) in [5, 5.41) is 13.8. The van der Waals surface area contributed by atoms with E-state index < -0.39 is 5.76 Å². The van der Waals surface area contributed by atoms with Gasteiger partial charge in [-0.05, 0) is 23.8 Å². The van der Waals surface area contributed by atoms with E-state index in [0.29, 0.717) is 28.0 Å². The van der Waals surface area contributed by atoms with Crippen LogP contribution in [0.25, 0.3) is 22.0 Å². The summed E-state index contributed by atoms with van der Waals surface area (Å²) in [6.07, 6.45) is 0.233. The lowest BCUT2D eigenvalue weighted by Crippen LogP contribution is -2.24.